The molecule has 0 saturated heterocycles. The molecule has 4 N–H and O–H groups in total. The van der Waals surface area contributed by atoms with Crippen LogP contribution in [0.2, 0.25) is 0 Å². The van der Waals surface area contributed by atoms with Crippen LogP contribution in [0.4, 0.5) is 0 Å². The summed E-state index contributed by atoms with van der Waals surface area (Å²) in [7, 11) is 0. The third kappa shape index (κ3) is 6.00. The zero-order chi connectivity index (χ0) is 14.1. The molecule has 0 heterocycles. The van der Waals surface area contributed by atoms with Crippen molar-refractivity contribution >= 4 is 0 Å². The maximum atomic E-state index is 9.80. The summed E-state index contributed by atoms with van der Waals surface area (Å²) in [6.45, 7) is -1.04. The van der Waals surface area contributed by atoms with Gasteiger partial charge in [-0.15, -0.1) is 0 Å². The fourth-order valence-corrected chi connectivity index (χ4v) is 1.38. The zero-order valence-electron chi connectivity index (χ0n) is 10.6. The average Bonchev–Trinajstić information content (AvgIpc) is 2.46. The number of para-hydroxylation sites is 1. The van der Waals surface area contributed by atoms with E-state index in [1.165, 1.54) is 0 Å². The van der Waals surface area contributed by atoms with Crippen molar-refractivity contribution in [2.24, 2.45) is 0 Å². The zero-order valence-corrected chi connectivity index (χ0v) is 10.6. The van der Waals surface area contributed by atoms with Crippen LogP contribution in [0, 0.1) is 0 Å². The number of aliphatic hydroxyl groups excluding tert-OH is 4. The molecule has 19 heavy (non-hydrogen) atoms. The smallest absolute Gasteiger partial charge is 0.119 e. The first-order valence-corrected chi connectivity index (χ1v) is 6.04. The largest absolute Gasteiger partial charge is 0.491 e. The molecule has 6 heteroatoms. The summed E-state index contributed by atoms with van der Waals surface area (Å²) >= 11 is 0. The van der Waals surface area contributed by atoms with Gasteiger partial charge in [0.1, 0.15) is 30.7 Å². The number of hydrogen-bond acceptors (Lipinski definition) is 6. The fraction of sp³-hybridized carbons (Fsp3) is 0.538. The van der Waals surface area contributed by atoms with Gasteiger partial charge in [0.25, 0.3) is 0 Å². The van der Waals surface area contributed by atoms with Gasteiger partial charge in [0.2, 0.25) is 0 Å². The third-order valence-corrected chi connectivity index (χ3v) is 2.49. The van der Waals surface area contributed by atoms with Crippen molar-refractivity contribution in [2.75, 3.05) is 26.4 Å². The van der Waals surface area contributed by atoms with E-state index in [9.17, 15) is 5.11 Å². The molecular weight excluding hydrogens is 252 g/mol. The van der Waals surface area contributed by atoms with Gasteiger partial charge in [-0.05, 0) is 12.1 Å². The molecule has 1 aromatic carbocycles. The van der Waals surface area contributed by atoms with E-state index in [1.807, 2.05) is 6.07 Å². The van der Waals surface area contributed by atoms with Crippen molar-refractivity contribution in [1.82, 2.24) is 0 Å². The normalized spacial score (nSPS) is 15.8. The van der Waals surface area contributed by atoms with Crippen LogP contribution in [0.5, 0.6) is 5.75 Å². The van der Waals surface area contributed by atoms with E-state index in [0.29, 0.717) is 5.75 Å². The Morgan fingerprint density at radius 1 is 0.947 bits per heavy atom. The van der Waals surface area contributed by atoms with Crippen LogP contribution < -0.4 is 4.74 Å². The maximum Gasteiger partial charge on any atom is 0.119 e. The van der Waals surface area contributed by atoms with Gasteiger partial charge in [0.15, 0.2) is 0 Å². The van der Waals surface area contributed by atoms with Crippen LogP contribution in [0.1, 0.15) is 0 Å². The Morgan fingerprint density at radius 2 is 1.63 bits per heavy atom. The van der Waals surface area contributed by atoms with Gasteiger partial charge in [-0.1, -0.05) is 18.2 Å². The fourth-order valence-electron chi connectivity index (χ4n) is 1.38. The predicted octanol–water partition coefficient (Wildman–Crippen LogP) is -0.843. The second-order valence-electron chi connectivity index (χ2n) is 4.08. The van der Waals surface area contributed by atoms with Gasteiger partial charge >= 0.3 is 0 Å². The van der Waals surface area contributed by atoms with Crippen molar-refractivity contribution in [3.63, 3.8) is 0 Å². The lowest BCUT2D eigenvalue weighted by Gasteiger charge is -2.22. The Morgan fingerprint density at radius 3 is 2.21 bits per heavy atom. The van der Waals surface area contributed by atoms with Crippen LogP contribution in [-0.4, -0.2) is 65.2 Å². The third-order valence-electron chi connectivity index (χ3n) is 2.49. The van der Waals surface area contributed by atoms with E-state index in [-0.39, 0.29) is 13.2 Å². The molecule has 0 bridgehead atoms. The summed E-state index contributed by atoms with van der Waals surface area (Å²) in [5.41, 5.74) is 0. The van der Waals surface area contributed by atoms with Gasteiger partial charge in [-0.2, -0.15) is 0 Å². The van der Waals surface area contributed by atoms with Crippen molar-refractivity contribution in [2.45, 2.75) is 18.3 Å². The summed E-state index contributed by atoms with van der Waals surface area (Å²) in [6.07, 6.45) is -2.93. The van der Waals surface area contributed by atoms with E-state index < -0.39 is 31.5 Å². The summed E-state index contributed by atoms with van der Waals surface area (Å²) in [4.78, 5) is 0. The summed E-state index contributed by atoms with van der Waals surface area (Å²) in [6, 6.07) is 8.95. The Bertz CT molecular complexity index is 331. The lowest BCUT2D eigenvalue weighted by atomic mass is 10.2. The molecule has 1 aromatic rings. The quantitative estimate of drug-likeness (QED) is 0.468. The SMILES string of the molecule is OCC(O)COC(CO)C(O)COc1ccccc1. The summed E-state index contributed by atoms with van der Waals surface area (Å²) in [5.74, 6) is 0.605. The van der Waals surface area contributed by atoms with Gasteiger partial charge in [0, 0.05) is 0 Å². The first kappa shape index (κ1) is 15.9. The lowest BCUT2D eigenvalue weighted by Crippen LogP contribution is -2.39. The first-order chi connectivity index (χ1) is 9.17. The number of hydrogen-bond donors (Lipinski definition) is 4. The standard InChI is InChI=1S/C13H20O6/c14-6-10(16)8-19-13(7-15)12(17)9-18-11-4-2-1-3-5-11/h1-5,10,12-17H,6-9H2. The van der Waals surface area contributed by atoms with Gasteiger partial charge in [-0.3, -0.25) is 0 Å². The van der Waals surface area contributed by atoms with Crippen molar-refractivity contribution in [3.8, 4) is 5.75 Å². The van der Waals surface area contributed by atoms with Gasteiger partial charge < -0.3 is 29.9 Å². The van der Waals surface area contributed by atoms with Gasteiger partial charge in [0.05, 0.1) is 19.8 Å². The topological polar surface area (TPSA) is 99.4 Å². The van der Waals surface area contributed by atoms with Crippen molar-refractivity contribution in [1.29, 1.82) is 0 Å². The van der Waals surface area contributed by atoms with Crippen LogP contribution in [0.25, 0.3) is 0 Å². The molecule has 0 spiro atoms. The molecule has 3 atom stereocenters. The van der Waals surface area contributed by atoms with E-state index >= 15 is 0 Å². The molecule has 0 aliphatic heterocycles. The molecule has 0 saturated carbocycles. The van der Waals surface area contributed by atoms with E-state index in [1.54, 1.807) is 24.3 Å². The molecule has 108 valence electrons. The van der Waals surface area contributed by atoms with E-state index in [0.717, 1.165) is 0 Å². The Hall–Kier alpha value is -1.18. The minimum Gasteiger partial charge on any atom is -0.491 e. The molecule has 1 rings (SSSR count). The van der Waals surface area contributed by atoms with Crippen LogP contribution in [0.3, 0.4) is 0 Å². The number of benzene rings is 1. The average molecular weight is 272 g/mol. The van der Waals surface area contributed by atoms with E-state index in [4.69, 9.17) is 24.8 Å². The highest BCUT2D eigenvalue weighted by molar-refractivity contribution is 5.20. The molecule has 0 fully saturated rings. The molecule has 0 amide bonds. The molecule has 0 aliphatic carbocycles. The first-order valence-electron chi connectivity index (χ1n) is 6.04. The Labute approximate surface area is 111 Å². The van der Waals surface area contributed by atoms with Crippen LogP contribution >= 0.6 is 0 Å². The molecular formula is C13H20O6. The van der Waals surface area contributed by atoms with Crippen LogP contribution in [0.15, 0.2) is 30.3 Å². The number of rotatable bonds is 9. The Kier molecular flexibility index (Phi) is 7.39. The number of ether oxygens (including phenoxy) is 2. The molecule has 6 nitrogen and oxygen atoms in total. The van der Waals surface area contributed by atoms with Crippen molar-refractivity contribution in [3.05, 3.63) is 30.3 Å². The number of aliphatic hydroxyl groups is 4. The second-order valence-corrected chi connectivity index (χ2v) is 4.08. The Balaban J connectivity index is 2.34. The molecule has 0 aromatic heterocycles. The highest BCUT2D eigenvalue weighted by atomic mass is 16.5. The minimum absolute atomic E-state index is 0.0372. The van der Waals surface area contributed by atoms with Crippen LogP contribution in [-0.2, 0) is 4.74 Å². The molecule has 0 aliphatic rings. The predicted molar refractivity (Wildman–Crippen MR) is 67.9 cm³/mol. The minimum atomic E-state index is -1.03. The molecule has 3 unspecified atom stereocenters. The van der Waals surface area contributed by atoms with Crippen molar-refractivity contribution < 1.29 is 29.9 Å². The monoisotopic (exact) mass is 272 g/mol. The lowest BCUT2D eigenvalue weighted by molar-refractivity contribution is -0.101. The summed E-state index contributed by atoms with van der Waals surface area (Å²) in [5, 5.41) is 36.7. The second kappa shape index (κ2) is 8.84. The highest BCUT2D eigenvalue weighted by Crippen LogP contribution is 2.10. The summed E-state index contributed by atoms with van der Waals surface area (Å²) < 4.78 is 10.4. The highest BCUT2D eigenvalue weighted by Gasteiger charge is 2.21. The van der Waals surface area contributed by atoms with E-state index in [2.05, 4.69) is 0 Å². The van der Waals surface area contributed by atoms with Gasteiger partial charge in [-0.25, -0.2) is 0 Å². The maximum absolute atomic E-state index is 9.80. The molecule has 0 radical (unpaired) electrons.